The number of hydrogen-bond acceptors (Lipinski definition) is 4. The lowest BCUT2D eigenvalue weighted by molar-refractivity contribution is -0.149. The Morgan fingerprint density at radius 3 is 2.20 bits per heavy atom. The molecular formula is C28H34N2O5. The zero-order valence-corrected chi connectivity index (χ0v) is 20.8. The number of benzene rings is 2. The molecule has 1 aliphatic carbocycles. The summed E-state index contributed by atoms with van der Waals surface area (Å²) in [6.45, 7) is 8.51. The third-order valence-corrected chi connectivity index (χ3v) is 7.63. The van der Waals surface area contributed by atoms with Gasteiger partial charge in [-0.2, -0.15) is 0 Å². The lowest BCUT2D eigenvalue weighted by atomic mass is 9.81. The van der Waals surface area contributed by atoms with Crippen molar-refractivity contribution in [3.8, 4) is 11.1 Å². The highest BCUT2D eigenvalue weighted by atomic mass is 16.5. The van der Waals surface area contributed by atoms with Gasteiger partial charge in [0.15, 0.2) is 0 Å². The number of carboxylic acid groups (broad SMARTS) is 1. The Morgan fingerprint density at radius 2 is 1.66 bits per heavy atom. The van der Waals surface area contributed by atoms with Gasteiger partial charge >= 0.3 is 12.1 Å². The highest BCUT2D eigenvalue weighted by molar-refractivity contribution is 5.81. The predicted molar refractivity (Wildman–Crippen MR) is 133 cm³/mol. The summed E-state index contributed by atoms with van der Waals surface area (Å²) in [5, 5.41) is 12.4. The standard InChI is InChI=1S/C28H34N2O5/c1-18-14-30(17-28(18,4)25(32)33)24(31)13-27(2,3)16-29-26(34)35-15-23-21-11-7-5-9-19(21)20-10-6-8-12-22(20)23/h5-12,18,23H,13-17H2,1-4H3,(H,29,34)(H,32,33)/t18-,28-/m0/s1. The summed E-state index contributed by atoms with van der Waals surface area (Å²) in [6, 6.07) is 16.4. The second kappa shape index (κ2) is 9.36. The highest BCUT2D eigenvalue weighted by Crippen LogP contribution is 2.44. The Kier molecular flexibility index (Phi) is 6.62. The number of hydrogen-bond donors (Lipinski definition) is 2. The van der Waals surface area contributed by atoms with E-state index in [0.29, 0.717) is 6.54 Å². The summed E-state index contributed by atoms with van der Waals surface area (Å²) < 4.78 is 5.60. The first-order valence-corrected chi connectivity index (χ1v) is 12.1. The van der Waals surface area contributed by atoms with Gasteiger partial charge in [-0.3, -0.25) is 9.59 Å². The summed E-state index contributed by atoms with van der Waals surface area (Å²) >= 11 is 0. The van der Waals surface area contributed by atoms with Gasteiger partial charge in [0.05, 0.1) is 5.41 Å². The molecule has 4 rings (SSSR count). The fourth-order valence-corrected chi connectivity index (χ4v) is 5.16. The van der Waals surface area contributed by atoms with Crippen molar-refractivity contribution in [1.29, 1.82) is 0 Å². The molecule has 35 heavy (non-hydrogen) atoms. The van der Waals surface area contributed by atoms with Crippen LogP contribution in [0.25, 0.3) is 11.1 Å². The van der Waals surface area contributed by atoms with Crippen LogP contribution >= 0.6 is 0 Å². The number of rotatable bonds is 7. The topological polar surface area (TPSA) is 95.9 Å². The SMILES string of the molecule is C[C@H]1CN(C(=O)CC(C)(C)CNC(=O)OCC2c3ccccc3-c3ccccc32)C[C@]1(C)C(=O)O. The quantitative estimate of drug-likeness (QED) is 0.610. The van der Waals surface area contributed by atoms with Crippen molar-refractivity contribution in [3.05, 3.63) is 59.7 Å². The lowest BCUT2D eigenvalue weighted by Gasteiger charge is -2.28. The molecule has 7 heteroatoms. The van der Waals surface area contributed by atoms with E-state index in [2.05, 4.69) is 29.6 Å². The number of ether oxygens (including phenoxy) is 1. The number of aliphatic carboxylic acids is 1. The number of carbonyl (C=O) groups excluding carboxylic acids is 2. The van der Waals surface area contributed by atoms with Crippen LogP contribution in [0.1, 0.15) is 51.2 Å². The van der Waals surface area contributed by atoms with Crippen molar-refractivity contribution >= 4 is 18.0 Å². The molecule has 0 saturated carbocycles. The van der Waals surface area contributed by atoms with Gasteiger partial charge in [-0.25, -0.2) is 4.79 Å². The number of alkyl carbamates (subject to hydrolysis) is 1. The third-order valence-electron chi connectivity index (χ3n) is 7.63. The molecule has 2 aromatic carbocycles. The van der Waals surface area contributed by atoms with Crippen LogP contribution in [0.5, 0.6) is 0 Å². The molecular weight excluding hydrogens is 444 g/mol. The molecule has 7 nitrogen and oxygen atoms in total. The van der Waals surface area contributed by atoms with E-state index in [9.17, 15) is 19.5 Å². The molecule has 2 N–H and O–H groups in total. The zero-order valence-electron chi connectivity index (χ0n) is 20.8. The van der Waals surface area contributed by atoms with Crippen molar-refractivity contribution in [2.24, 2.45) is 16.7 Å². The first kappa shape index (κ1) is 24.8. The first-order chi connectivity index (χ1) is 16.5. The maximum Gasteiger partial charge on any atom is 0.407 e. The molecule has 2 amide bonds. The summed E-state index contributed by atoms with van der Waals surface area (Å²) in [6.07, 6.45) is -0.306. The van der Waals surface area contributed by atoms with Crippen molar-refractivity contribution in [2.75, 3.05) is 26.2 Å². The number of carboxylic acids is 1. The van der Waals surface area contributed by atoms with Gasteiger partial charge in [-0.15, -0.1) is 0 Å². The first-order valence-electron chi connectivity index (χ1n) is 12.1. The van der Waals surface area contributed by atoms with Crippen LogP contribution in [0.15, 0.2) is 48.5 Å². The summed E-state index contributed by atoms with van der Waals surface area (Å²) in [5.41, 5.74) is 3.22. The van der Waals surface area contributed by atoms with Gasteiger partial charge < -0.3 is 20.1 Å². The smallest absolute Gasteiger partial charge is 0.407 e. The van der Waals surface area contributed by atoms with Gasteiger partial charge in [-0.05, 0) is 40.5 Å². The Balaban J connectivity index is 1.30. The number of likely N-dealkylation sites (tertiary alicyclic amines) is 1. The van der Waals surface area contributed by atoms with Crippen LogP contribution in [0.4, 0.5) is 4.79 Å². The average Bonchev–Trinajstić information content (AvgIpc) is 3.31. The fraction of sp³-hybridized carbons (Fsp3) is 0.464. The van der Waals surface area contributed by atoms with Gasteiger partial charge in [0.2, 0.25) is 5.91 Å². The van der Waals surface area contributed by atoms with Gasteiger partial charge in [0.25, 0.3) is 0 Å². The lowest BCUT2D eigenvalue weighted by Crippen LogP contribution is -2.40. The van der Waals surface area contributed by atoms with Crippen molar-refractivity contribution < 1.29 is 24.2 Å². The molecule has 2 atom stereocenters. The van der Waals surface area contributed by atoms with Crippen LogP contribution in [-0.2, 0) is 14.3 Å². The monoisotopic (exact) mass is 478 g/mol. The number of fused-ring (bicyclic) bond motifs is 3. The Hall–Kier alpha value is -3.35. The Bertz CT molecular complexity index is 1100. The summed E-state index contributed by atoms with van der Waals surface area (Å²) in [4.78, 5) is 38.7. The van der Waals surface area contributed by atoms with E-state index in [4.69, 9.17) is 4.74 Å². The van der Waals surface area contributed by atoms with E-state index in [0.717, 1.165) is 11.1 Å². The number of nitrogens with one attached hydrogen (secondary N) is 1. The van der Waals surface area contributed by atoms with Gasteiger partial charge in [0, 0.05) is 32.0 Å². The minimum atomic E-state index is -0.931. The molecule has 186 valence electrons. The number of nitrogens with zero attached hydrogens (tertiary/aromatic N) is 1. The summed E-state index contributed by atoms with van der Waals surface area (Å²) in [5.74, 6) is -1.10. The number of amides is 2. The van der Waals surface area contributed by atoms with E-state index in [-0.39, 0.29) is 43.9 Å². The molecule has 0 aromatic heterocycles. The molecule has 2 aromatic rings. The van der Waals surface area contributed by atoms with Gasteiger partial charge in [-0.1, -0.05) is 69.3 Å². The maximum absolute atomic E-state index is 12.9. The highest BCUT2D eigenvalue weighted by Gasteiger charge is 2.48. The zero-order chi connectivity index (χ0) is 25.4. The molecule has 0 spiro atoms. The van der Waals surface area contributed by atoms with E-state index < -0.39 is 22.9 Å². The third kappa shape index (κ3) is 4.90. The van der Waals surface area contributed by atoms with E-state index in [1.807, 2.05) is 45.0 Å². The molecule has 1 aliphatic heterocycles. The normalized spacial score (nSPS) is 21.4. The van der Waals surface area contributed by atoms with Crippen molar-refractivity contribution in [1.82, 2.24) is 10.2 Å². The second-order valence-electron chi connectivity index (χ2n) is 10.9. The van der Waals surface area contributed by atoms with E-state index in [1.165, 1.54) is 11.1 Å². The minimum Gasteiger partial charge on any atom is -0.481 e. The average molecular weight is 479 g/mol. The fourth-order valence-electron chi connectivity index (χ4n) is 5.16. The molecule has 0 bridgehead atoms. The molecule has 1 saturated heterocycles. The largest absolute Gasteiger partial charge is 0.481 e. The predicted octanol–water partition coefficient (Wildman–Crippen LogP) is 4.51. The van der Waals surface area contributed by atoms with Crippen LogP contribution in [0.2, 0.25) is 0 Å². The molecule has 1 heterocycles. The van der Waals surface area contributed by atoms with Crippen LogP contribution in [-0.4, -0.2) is 54.2 Å². The maximum atomic E-state index is 12.9. The molecule has 0 radical (unpaired) electrons. The summed E-state index contributed by atoms with van der Waals surface area (Å²) in [7, 11) is 0. The van der Waals surface area contributed by atoms with Crippen LogP contribution in [0, 0.1) is 16.7 Å². The van der Waals surface area contributed by atoms with Gasteiger partial charge in [0.1, 0.15) is 6.61 Å². The van der Waals surface area contributed by atoms with E-state index in [1.54, 1.807) is 11.8 Å². The van der Waals surface area contributed by atoms with E-state index >= 15 is 0 Å². The molecule has 0 unspecified atom stereocenters. The van der Waals surface area contributed by atoms with Crippen molar-refractivity contribution in [3.63, 3.8) is 0 Å². The number of carbonyl (C=O) groups is 3. The molecule has 2 aliphatic rings. The van der Waals surface area contributed by atoms with Crippen LogP contribution in [0.3, 0.4) is 0 Å². The second-order valence-corrected chi connectivity index (χ2v) is 10.9. The minimum absolute atomic E-state index is 0.0107. The Labute approximate surface area is 206 Å². The Morgan fingerprint density at radius 1 is 1.09 bits per heavy atom. The molecule has 1 fully saturated rings. The van der Waals surface area contributed by atoms with Crippen molar-refractivity contribution in [2.45, 2.75) is 40.0 Å². The van der Waals surface area contributed by atoms with Crippen LogP contribution < -0.4 is 5.32 Å².